The molecule has 5 rings (SSSR count). The Kier molecular flexibility index (Phi) is 3.94. The van der Waals surface area contributed by atoms with Gasteiger partial charge in [0.15, 0.2) is 28.8 Å². The van der Waals surface area contributed by atoms with Crippen LogP contribution in [0.15, 0.2) is 45.6 Å². The van der Waals surface area contributed by atoms with Crippen LogP contribution in [0.25, 0.3) is 22.3 Å². The number of rotatable bonds is 1. The van der Waals surface area contributed by atoms with Crippen molar-refractivity contribution in [2.45, 2.75) is 12.8 Å². The fraction of sp³-hybridized carbons (Fsp3) is 0.0870. The smallest absolute Gasteiger partial charge is 0.238 e. The zero-order valence-electron chi connectivity index (χ0n) is 16.4. The second-order valence-corrected chi connectivity index (χ2v) is 7.53. The molecule has 1 aliphatic rings. The van der Waals surface area contributed by atoms with E-state index in [1.54, 1.807) is 6.92 Å². The molecule has 6 N–H and O–H groups in total. The van der Waals surface area contributed by atoms with Crippen molar-refractivity contribution in [2.75, 3.05) is 0 Å². The monoisotopic (exact) mass is 436 g/mol. The van der Waals surface area contributed by atoms with Gasteiger partial charge >= 0.3 is 0 Å². The third kappa shape index (κ3) is 2.61. The summed E-state index contributed by atoms with van der Waals surface area (Å²) >= 11 is 0. The number of benzene rings is 3. The molecule has 0 saturated carbocycles. The van der Waals surface area contributed by atoms with Crippen LogP contribution in [-0.2, 0) is 0 Å². The van der Waals surface area contributed by atoms with Crippen molar-refractivity contribution >= 4 is 11.0 Å². The Balaban J connectivity index is 1.84. The van der Waals surface area contributed by atoms with Gasteiger partial charge in [0.05, 0.1) is 0 Å². The van der Waals surface area contributed by atoms with Crippen LogP contribution in [0.1, 0.15) is 24.0 Å². The van der Waals surface area contributed by atoms with Crippen LogP contribution < -0.4 is 10.2 Å². The van der Waals surface area contributed by atoms with E-state index in [4.69, 9.17) is 9.15 Å². The molecule has 3 aromatic carbocycles. The Morgan fingerprint density at radius 3 is 2.16 bits per heavy atom. The molecule has 0 spiro atoms. The molecular formula is C23H16O9. The molecule has 9 heteroatoms. The molecule has 0 amide bonds. The van der Waals surface area contributed by atoms with Gasteiger partial charge in [-0.1, -0.05) is 6.92 Å². The average molecular weight is 436 g/mol. The molecule has 0 unspecified atom stereocenters. The van der Waals surface area contributed by atoms with Gasteiger partial charge in [-0.2, -0.15) is 0 Å². The summed E-state index contributed by atoms with van der Waals surface area (Å²) in [5.74, 6) is -3.25. The predicted molar refractivity (Wildman–Crippen MR) is 112 cm³/mol. The lowest BCUT2D eigenvalue weighted by Gasteiger charge is -2.27. The van der Waals surface area contributed by atoms with Gasteiger partial charge < -0.3 is 39.8 Å². The number of ether oxygens (including phenoxy) is 1. The fourth-order valence-corrected chi connectivity index (χ4v) is 3.96. The number of hydrogen-bond donors (Lipinski definition) is 6. The summed E-state index contributed by atoms with van der Waals surface area (Å²) in [7, 11) is 0. The zero-order valence-corrected chi connectivity index (χ0v) is 16.4. The van der Waals surface area contributed by atoms with E-state index in [9.17, 15) is 35.4 Å². The van der Waals surface area contributed by atoms with Crippen LogP contribution in [0.5, 0.6) is 46.0 Å². The molecule has 9 nitrogen and oxygen atoms in total. The normalized spacial score (nSPS) is 14.6. The lowest BCUT2D eigenvalue weighted by atomic mass is 9.87. The maximum absolute atomic E-state index is 12.9. The van der Waals surface area contributed by atoms with Gasteiger partial charge in [-0.25, -0.2) is 0 Å². The zero-order chi connectivity index (χ0) is 22.9. The first-order valence-corrected chi connectivity index (χ1v) is 9.49. The Morgan fingerprint density at radius 1 is 0.781 bits per heavy atom. The van der Waals surface area contributed by atoms with E-state index in [1.807, 2.05) is 0 Å². The fourth-order valence-electron chi connectivity index (χ4n) is 3.96. The topological polar surface area (TPSA) is 161 Å². The van der Waals surface area contributed by atoms with E-state index in [0.717, 1.165) is 6.07 Å². The first-order chi connectivity index (χ1) is 15.2. The highest BCUT2D eigenvalue weighted by Crippen LogP contribution is 2.51. The molecule has 0 bridgehead atoms. The molecule has 0 radical (unpaired) electrons. The number of phenolic OH excluding ortho intramolecular Hbond substituents is 5. The molecular weight excluding hydrogens is 420 g/mol. The number of fused-ring (bicyclic) bond motifs is 4. The Bertz CT molecular complexity index is 1500. The Labute approximate surface area is 179 Å². The summed E-state index contributed by atoms with van der Waals surface area (Å²) in [6, 6.07) is 7.40. The van der Waals surface area contributed by atoms with E-state index in [2.05, 4.69) is 0 Å². The molecule has 4 aromatic rings. The molecule has 2 heterocycles. The molecule has 0 fully saturated rings. The molecule has 0 aliphatic carbocycles. The van der Waals surface area contributed by atoms with Crippen LogP contribution in [0.4, 0.5) is 0 Å². The second kappa shape index (κ2) is 6.48. The Morgan fingerprint density at radius 2 is 1.44 bits per heavy atom. The van der Waals surface area contributed by atoms with Gasteiger partial charge in [0, 0.05) is 34.7 Å². The number of phenols is 5. The number of hydrogen-bond acceptors (Lipinski definition) is 9. The maximum Gasteiger partial charge on any atom is 0.238 e. The van der Waals surface area contributed by atoms with E-state index >= 15 is 0 Å². The summed E-state index contributed by atoms with van der Waals surface area (Å²) in [6.07, 6.45) is 0. The summed E-state index contributed by atoms with van der Waals surface area (Å²) in [4.78, 5) is 12.9. The highest BCUT2D eigenvalue weighted by Gasteiger charge is 2.32. The number of aromatic hydroxyl groups is 6. The van der Waals surface area contributed by atoms with Crippen molar-refractivity contribution in [3.05, 3.63) is 57.7 Å². The highest BCUT2D eigenvalue weighted by atomic mass is 16.5. The summed E-state index contributed by atoms with van der Waals surface area (Å²) in [5.41, 5.74) is 0.0223. The van der Waals surface area contributed by atoms with Gasteiger partial charge in [-0.05, 0) is 24.3 Å². The quantitative estimate of drug-likeness (QED) is 0.243. The average Bonchev–Trinajstić information content (AvgIpc) is 2.74. The standard InChI is InChI=1S/C23H16O9/c1-8-10-5-13(26)14(27)6-16(10)31-17-7-15(28)19-20(29)21(30)22(32-23(19)18(8)17)9-2-3-11(24)12(25)4-9/h2-8,24-28,30H,1H3/t8-/m0/s1. The van der Waals surface area contributed by atoms with Crippen LogP contribution in [-0.4, -0.2) is 30.6 Å². The van der Waals surface area contributed by atoms with E-state index in [0.29, 0.717) is 11.1 Å². The van der Waals surface area contributed by atoms with Gasteiger partial charge in [-0.15, -0.1) is 0 Å². The van der Waals surface area contributed by atoms with E-state index in [1.165, 1.54) is 30.3 Å². The van der Waals surface area contributed by atoms with Crippen LogP contribution >= 0.6 is 0 Å². The van der Waals surface area contributed by atoms with Crippen LogP contribution in [0.2, 0.25) is 0 Å². The maximum atomic E-state index is 12.9. The summed E-state index contributed by atoms with van der Waals surface area (Å²) < 4.78 is 11.7. The molecule has 0 saturated heterocycles. The first-order valence-electron chi connectivity index (χ1n) is 9.49. The highest BCUT2D eigenvalue weighted by molar-refractivity contribution is 5.92. The van der Waals surface area contributed by atoms with Gasteiger partial charge in [-0.3, -0.25) is 4.79 Å². The minimum Gasteiger partial charge on any atom is -0.507 e. The van der Waals surface area contributed by atoms with Crippen molar-refractivity contribution in [2.24, 2.45) is 0 Å². The molecule has 1 aliphatic heterocycles. The minimum absolute atomic E-state index is 0.0592. The molecule has 1 atom stereocenters. The third-order valence-electron chi connectivity index (χ3n) is 5.59. The minimum atomic E-state index is -0.902. The largest absolute Gasteiger partial charge is 0.507 e. The first kappa shape index (κ1) is 19.4. The van der Waals surface area contributed by atoms with Gasteiger partial charge in [0.25, 0.3) is 0 Å². The lowest BCUT2D eigenvalue weighted by Crippen LogP contribution is -2.11. The van der Waals surface area contributed by atoms with Crippen molar-refractivity contribution < 1.29 is 39.8 Å². The predicted octanol–water partition coefficient (Wildman–Crippen LogP) is 3.95. The summed E-state index contributed by atoms with van der Waals surface area (Å²) in [5, 5.41) is 59.8. The lowest BCUT2D eigenvalue weighted by molar-refractivity contribution is 0.390. The van der Waals surface area contributed by atoms with Crippen molar-refractivity contribution in [3.63, 3.8) is 0 Å². The SMILES string of the molecule is C[C@H]1c2cc(O)c(O)cc2Oc2cc(O)c3c(=O)c(O)c(-c4ccc(O)c(O)c4)oc3c21. The van der Waals surface area contributed by atoms with Gasteiger partial charge in [0.2, 0.25) is 11.2 Å². The molecule has 32 heavy (non-hydrogen) atoms. The van der Waals surface area contributed by atoms with Crippen molar-refractivity contribution in [1.82, 2.24) is 0 Å². The van der Waals surface area contributed by atoms with Crippen molar-refractivity contribution in [1.29, 1.82) is 0 Å². The van der Waals surface area contributed by atoms with Crippen LogP contribution in [0, 0.1) is 0 Å². The van der Waals surface area contributed by atoms with E-state index < -0.39 is 34.3 Å². The van der Waals surface area contributed by atoms with E-state index in [-0.39, 0.29) is 45.3 Å². The van der Waals surface area contributed by atoms with Crippen LogP contribution in [0.3, 0.4) is 0 Å². The molecule has 162 valence electrons. The Hall–Kier alpha value is -4.53. The molecule has 1 aromatic heterocycles. The third-order valence-corrected chi connectivity index (χ3v) is 5.59. The van der Waals surface area contributed by atoms with Gasteiger partial charge in [0.1, 0.15) is 28.2 Å². The van der Waals surface area contributed by atoms with Crippen molar-refractivity contribution in [3.8, 4) is 57.3 Å². The second-order valence-electron chi connectivity index (χ2n) is 7.53. The summed E-state index contributed by atoms with van der Waals surface area (Å²) in [6.45, 7) is 1.76.